The molecule has 0 aliphatic heterocycles. The summed E-state index contributed by atoms with van der Waals surface area (Å²) in [7, 11) is 3.54. The number of hydrogen-bond acceptors (Lipinski definition) is 5. The number of aryl methyl sites for hydroxylation is 2. The molecule has 4 nitrogen and oxygen atoms in total. The van der Waals surface area contributed by atoms with Crippen LogP contribution in [0.15, 0.2) is 18.5 Å². The van der Waals surface area contributed by atoms with Gasteiger partial charge in [0.1, 0.15) is 5.69 Å². The van der Waals surface area contributed by atoms with E-state index in [0.717, 1.165) is 5.69 Å². The Balaban J connectivity index is 2.45. The molecule has 0 radical (unpaired) electrons. The molecule has 0 aromatic carbocycles. The summed E-state index contributed by atoms with van der Waals surface area (Å²) < 4.78 is 5.28. The zero-order valence-corrected chi connectivity index (χ0v) is 11.8. The van der Waals surface area contributed by atoms with Crippen LogP contribution in [0.3, 0.4) is 0 Å². The summed E-state index contributed by atoms with van der Waals surface area (Å²) in [4.78, 5) is 11.1. The zero-order chi connectivity index (χ0) is 13.1. The second-order valence-electron chi connectivity index (χ2n) is 4.06. The van der Waals surface area contributed by atoms with Crippen molar-refractivity contribution in [1.29, 1.82) is 0 Å². The molecule has 0 spiro atoms. The van der Waals surface area contributed by atoms with Crippen molar-refractivity contribution in [3.05, 3.63) is 39.5 Å². The van der Waals surface area contributed by atoms with Crippen LogP contribution < -0.4 is 10.1 Å². The van der Waals surface area contributed by atoms with Crippen molar-refractivity contribution in [1.82, 2.24) is 15.3 Å². The van der Waals surface area contributed by atoms with Crippen LogP contribution >= 0.6 is 11.3 Å². The van der Waals surface area contributed by atoms with Crippen LogP contribution in [0.4, 0.5) is 0 Å². The summed E-state index contributed by atoms with van der Waals surface area (Å²) in [5.74, 6) is 0.570. The second kappa shape index (κ2) is 5.46. The molecule has 0 aliphatic rings. The maximum atomic E-state index is 5.28. The number of nitrogens with one attached hydrogen (secondary N) is 1. The predicted octanol–water partition coefficient (Wildman–Crippen LogP) is 2.47. The van der Waals surface area contributed by atoms with Gasteiger partial charge in [0.2, 0.25) is 5.88 Å². The van der Waals surface area contributed by atoms with E-state index in [1.807, 2.05) is 7.05 Å². The van der Waals surface area contributed by atoms with Crippen molar-refractivity contribution < 1.29 is 4.74 Å². The Kier molecular flexibility index (Phi) is 3.93. The van der Waals surface area contributed by atoms with Gasteiger partial charge in [-0.15, -0.1) is 11.3 Å². The summed E-state index contributed by atoms with van der Waals surface area (Å²) in [6.07, 6.45) is 3.33. The molecule has 0 amide bonds. The van der Waals surface area contributed by atoms with Gasteiger partial charge in [0.25, 0.3) is 0 Å². The first kappa shape index (κ1) is 13.0. The monoisotopic (exact) mass is 263 g/mol. The van der Waals surface area contributed by atoms with Gasteiger partial charge in [-0.1, -0.05) is 0 Å². The third-order valence-corrected chi connectivity index (χ3v) is 4.13. The Morgan fingerprint density at radius 2 is 2.00 bits per heavy atom. The minimum absolute atomic E-state index is 0.0195. The topological polar surface area (TPSA) is 47.0 Å². The number of aromatic nitrogens is 2. The van der Waals surface area contributed by atoms with Gasteiger partial charge in [0, 0.05) is 22.1 Å². The van der Waals surface area contributed by atoms with Crippen LogP contribution in [0.1, 0.15) is 27.1 Å². The van der Waals surface area contributed by atoms with Crippen LogP contribution in [-0.2, 0) is 0 Å². The van der Waals surface area contributed by atoms with Crippen LogP contribution in [0.5, 0.6) is 5.88 Å². The van der Waals surface area contributed by atoms with Crippen molar-refractivity contribution in [2.75, 3.05) is 14.2 Å². The fraction of sp³-hybridized carbons (Fsp3) is 0.385. The largest absolute Gasteiger partial charge is 0.480 e. The molecule has 0 aliphatic carbocycles. The first-order valence-corrected chi connectivity index (χ1v) is 6.58. The Morgan fingerprint density at radius 3 is 2.56 bits per heavy atom. The SMILES string of the molecule is CNC(c1cc(C)c(C)s1)c1nccnc1OC. The zero-order valence-electron chi connectivity index (χ0n) is 11.0. The van der Waals surface area contributed by atoms with Crippen molar-refractivity contribution in [2.45, 2.75) is 19.9 Å². The molecule has 18 heavy (non-hydrogen) atoms. The number of methoxy groups -OCH3 is 1. The average molecular weight is 263 g/mol. The lowest BCUT2D eigenvalue weighted by molar-refractivity contribution is 0.384. The van der Waals surface area contributed by atoms with Gasteiger partial charge < -0.3 is 10.1 Å². The number of ether oxygens (including phenoxy) is 1. The minimum Gasteiger partial charge on any atom is -0.480 e. The molecule has 96 valence electrons. The second-order valence-corrected chi connectivity index (χ2v) is 5.35. The van der Waals surface area contributed by atoms with Gasteiger partial charge in [-0.05, 0) is 32.5 Å². The molecule has 5 heteroatoms. The summed E-state index contributed by atoms with van der Waals surface area (Å²) in [5.41, 5.74) is 2.13. The van der Waals surface area contributed by atoms with Gasteiger partial charge in [-0.2, -0.15) is 0 Å². The first-order chi connectivity index (χ1) is 8.67. The van der Waals surface area contributed by atoms with Crippen LogP contribution in [0.2, 0.25) is 0 Å². The van der Waals surface area contributed by atoms with E-state index in [1.54, 1.807) is 30.8 Å². The van der Waals surface area contributed by atoms with Gasteiger partial charge in [-0.3, -0.25) is 4.98 Å². The summed E-state index contributed by atoms with van der Waals surface area (Å²) in [6, 6.07) is 2.21. The Morgan fingerprint density at radius 1 is 1.28 bits per heavy atom. The first-order valence-electron chi connectivity index (χ1n) is 5.76. The number of rotatable bonds is 4. The van der Waals surface area contributed by atoms with E-state index >= 15 is 0 Å². The summed E-state index contributed by atoms with van der Waals surface area (Å²) in [5, 5.41) is 3.28. The summed E-state index contributed by atoms with van der Waals surface area (Å²) in [6.45, 7) is 4.25. The molecule has 0 bridgehead atoms. The number of thiophene rings is 1. The molecule has 1 unspecified atom stereocenters. The molecule has 1 atom stereocenters. The highest BCUT2D eigenvalue weighted by molar-refractivity contribution is 7.12. The van der Waals surface area contributed by atoms with E-state index < -0.39 is 0 Å². The molecule has 0 saturated carbocycles. The lowest BCUT2D eigenvalue weighted by Crippen LogP contribution is -2.19. The lowest BCUT2D eigenvalue weighted by Gasteiger charge is -2.15. The molecule has 2 heterocycles. The lowest BCUT2D eigenvalue weighted by atomic mass is 10.1. The molecule has 2 aromatic rings. The van der Waals surface area contributed by atoms with Gasteiger partial charge in [0.05, 0.1) is 13.2 Å². The maximum absolute atomic E-state index is 5.28. The van der Waals surface area contributed by atoms with Crippen molar-refractivity contribution in [2.24, 2.45) is 0 Å². The predicted molar refractivity (Wildman–Crippen MR) is 73.3 cm³/mol. The van der Waals surface area contributed by atoms with Gasteiger partial charge in [0.15, 0.2) is 0 Å². The van der Waals surface area contributed by atoms with Gasteiger partial charge >= 0.3 is 0 Å². The quantitative estimate of drug-likeness (QED) is 0.920. The summed E-state index contributed by atoms with van der Waals surface area (Å²) >= 11 is 1.78. The molecule has 2 rings (SSSR count). The number of hydrogen-bond donors (Lipinski definition) is 1. The van der Waals surface area contributed by atoms with Crippen LogP contribution in [-0.4, -0.2) is 24.1 Å². The molecule has 1 N–H and O–H groups in total. The van der Waals surface area contributed by atoms with Crippen molar-refractivity contribution in [3.8, 4) is 5.88 Å². The number of nitrogens with zero attached hydrogens (tertiary/aromatic N) is 2. The highest BCUT2D eigenvalue weighted by Crippen LogP contribution is 2.32. The van der Waals surface area contributed by atoms with E-state index in [4.69, 9.17) is 4.74 Å². The molecular weight excluding hydrogens is 246 g/mol. The van der Waals surface area contributed by atoms with E-state index in [0.29, 0.717) is 5.88 Å². The van der Waals surface area contributed by atoms with Crippen molar-refractivity contribution >= 4 is 11.3 Å². The molecule has 0 saturated heterocycles. The standard InChI is InChI=1S/C13H17N3OS/c1-8-7-10(18-9(8)2)11(14-3)12-13(17-4)16-6-5-15-12/h5-7,11,14H,1-4H3. The van der Waals surface area contributed by atoms with Crippen LogP contribution in [0.25, 0.3) is 0 Å². The fourth-order valence-corrected chi connectivity index (χ4v) is 3.01. The highest BCUT2D eigenvalue weighted by atomic mass is 32.1. The van der Waals surface area contributed by atoms with Crippen LogP contribution in [0, 0.1) is 13.8 Å². The Bertz CT molecular complexity index is 519. The third kappa shape index (κ3) is 2.37. The van der Waals surface area contributed by atoms with E-state index in [2.05, 4.69) is 35.2 Å². The van der Waals surface area contributed by atoms with Gasteiger partial charge in [-0.25, -0.2) is 4.98 Å². The molecule has 2 aromatic heterocycles. The normalized spacial score (nSPS) is 12.4. The van der Waals surface area contributed by atoms with E-state index in [1.165, 1.54) is 15.3 Å². The van der Waals surface area contributed by atoms with Crippen molar-refractivity contribution in [3.63, 3.8) is 0 Å². The van der Waals surface area contributed by atoms with E-state index in [-0.39, 0.29) is 6.04 Å². The molecular formula is C13H17N3OS. The fourth-order valence-electron chi connectivity index (χ4n) is 1.85. The Hall–Kier alpha value is -1.46. The maximum Gasteiger partial charge on any atom is 0.237 e. The third-order valence-electron chi connectivity index (χ3n) is 2.92. The smallest absolute Gasteiger partial charge is 0.237 e. The minimum atomic E-state index is 0.0195. The Labute approximate surface area is 111 Å². The molecule has 0 fully saturated rings. The average Bonchev–Trinajstić information content (AvgIpc) is 2.71. The highest BCUT2D eigenvalue weighted by Gasteiger charge is 2.21. The van der Waals surface area contributed by atoms with E-state index in [9.17, 15) is 0 Å².